The zero-order valence-corrected chi connectivity index (χ0v) is 23.9. The molecule has 1 aliphatic heterocycles. The van der Waals surface area contributed by atoms with Crippen LogP contribution < -0.4 is 0 Å². The van der Waals surface area contributed by atoms with E-state index in [9.17, 15) is 24.8 Å². The third kappa shape index (κ3) is 9.38. The van der Waals surface area contributed by atoms with Crippen molar-refractivity contribution in [1.29, 1.82) is 0 Å². The Labute approximate surface area is 247 Å². The molecule has 0 radical (unpaired) electrons. The van der Waals surface area contributed by atoms with Crippen molar-refractivity contribution in [2.24, 2.45) is 5.92 Å². The number of benzene rings is 3. The number of allylic oxidation sites excluding steroid dienone is 1. The fourth-order valence-electron chi connectivity index (χ4n) is 5.52. The Bertz CT molecular complexity index is 1320. The lowest BCUT2D eigenvalue weighted by Crippen LogP contribution is -2.34. The molecule has 3 aromatic rings. The van der Waals surface area contributed by atoms with Gasteiger partial charge in [-0.3, -0.25) is 14.9 Å². The van der Waals surface area contributed by atoms with Crippen molar-refractivity contribution in [3.63, 3.8) is 0 Å². The summed E-state index contributed by atoms with van der Waals surface area (Å²) >= 11 is 0. The van der Waals surface area contributed by atoms with Gasteiger partial charge in [-0.25, -0.2) is 4.79 Å². The highest BCUT2D eigenvalue weighted by atomic mass is 16.6. The Morgan fingerprint density at radius 3 is 2.21 bits per heavy atom. The number of carboxylic acid groups (broad SMARTS) is 1. The summed E-state index contributed by atoms with van der Waals surface area (Å²) in [5.41, 5.74) is 2.76. The van der Waals surface area contributed by atoms with Crippen molar-refractivity contribution in [3.05, 3.63) is 124 Å². The average Bonchev–Trinajstić information content (AvgIpc) is 3.02. The van der Waals surface area contributed by atoms with Crippen LogP contribution in [0.2, 0.25) is 0 Å². The van der Waals surface area contributed by atoms with E-state index in [1.165, 1.54) is 22.6 Å². The van der Waals surface area contributed by atoms with Gasteiger partial charge in [0.2, 0.25) is 0 Å². The van der Waals surface area contributed by atoms with Crippen LogP contribution in [0.3, 0.4) is 0 Å². The number of carbonyl (C=O) groups excluding carboxylic acids is 1. The van der Waals surface area contributed by atoms with Gasteiger partial charge >= 0.3 is 6.09 Å². The van der Waals surface area contributed by atoms with Gasteiger partial charge in [0.1, 0.15) is 0 Å². The first-order valence-electron chi connectivity index (χ1n) is 14.6. The summed E-state index contributed by atoms with van der Waals surface area (Å²) in [6, 6.07) is 26.0. The van der Waals surface area contributed by atoms with Gasteiger partial charge in [0.25, 0.3) is 5.69 Å². The Hall–Kier alpha value is -4.30. The Kier molecular flexibility index (Phi) is 11.4. The molecule has 1 aliphatic rings. The van der Waals surface area contributed by atoms with Crippen LogP contribution in [-0.4, -0.2) is 57.9 Å². The second-order valence-corrected chi connectivity index (χ2v) is 10.9. The molecule has 0 bridgehead atoms. The first-order valence-corrected chi connectivity index (χ1v) is 14.6. The van der Waals surface area contributed by atoms with Crippen LogP contribution in [-0.2, 0) is 6.54 Å². The molecule has 8 nitrogen and oxygen atoms in total. The maximum Gasteiger partial charge on any atom is 0.407 e. The number of non-ortho nitro benzene ring substituents is 1. The molecule has 0 saturated carbocycles. The summed E-state index contributed by atoms with van der Waals surface area (Å²) in [5.74, 6) is 0.928. The van der Waals surface area contributed by atoms with E-state index in [1.807, 2.05) is 42.5 Å². The number of rotatable bonds is 14. The minimum atomic E-state index is -1.02. The molecule has 1 fully saturated rings. The monoisotopic (exact) mass is 569 g/mol. The summed E-state index contributed by atoms with van der Waals surface area (Å²) in [7, 11) is 0. The van der Waals surface area contributed by atoms with Crippen LogP contribution in [0.15, 0.2) is 97.1 Å². The number of nitro groups is 1. The van der Waals surface area contributed by atoms with Crippen LogP contribution in [0.25, 0.3) is 0 Å². The normalized spacial score (nSPS) is 15.0. The van der Waals surface area contributed by atoms with Gasteiger partial charge in [0.15, 0.2) is 5.78 Å². The Morgan fingerprint density at radius 2 is 1.60 bits per heavy atom. The lowest BCUT2D eigenvalue weighted by molar-refractivity contribution is -0.384. The molecule has 220 valence electrons. The van der Waals surface area contributed by atoms with Crippen molar-refractivity contribution in [2.45, 2.75) is 44.6 Å². The van der Waals surface area contributed by atoms with Gasteiger partial charge in [-0.05, 0) is 68.3 Å². The molecular formula is C34H39N3O5. The summed E-state index contributed by atoms with van der Waals surface area (Å²) in [4.78, 5) is 38.7. The maximum absolute atomic E-state index is 12.7. The number of ketones is 1. The van der Waals surface area contributed by atoms with E-state index in [-0.39, 0.29) is 24.6 Å². The Balaban J connectivity index is 1.23. The second kappa shape index (κ2) is 15.6. The van der Waals surface area contributed by atoms with Crippen molar-refractivity contribution in [1.82, 2.24) is 9.80 Å². The van der Waals surface area contributed by atoms with Gasteiger partial charge in [-0.15, -0.1) is 0 Å². The number of amides is 1. The van der Waals surface area contributed by atoms with E-state index < -0.39 is 11.0 Å². The highest BCUT2D eigenvalue weighted by Gasteiger charge is 2.20. The number of nitrogens with zero attached hydrogens (tertiary/aromatic N) is 3. The van der Waals surface area contributed by atoms with E-state index >= 15 is 0 Å². The summed E-state index contributed by atoms with van der Waals surface area (Å²) in [5, 5.41) is 20.5. The van der Waals surface area contributed by atoms with E-state index in [4.69, 9.17) is 0 Å². The SMILES string of the molecule is O=C(CCC(CCN1CCC(C=CCN(Cc2ccc([N+](=O)[O-])cc2)C(=O)O)CC1)c1ccccc1)c1ccccc1. The van der Waals surface area contributed by atoms with Gasteiger partial charge in [-0.2, -0.15) is 0 Å². The molecular weight excluding hydrogens is 530 g/mol. The van der Waals surface area contributed by atoms with Crippen LogP contribution in [0.4, 0.5) is 10.5 Å². The smallest absolute Gasteiger partial charge is 0.407 e. The topological polar surface area (TPSA) is 104 Å². The Morgan fingerprint density at radius 1 is 0.952 bits per heavy atom. The van der Waals surface area contributed by atoms with Crippen LogP contribution in [0.1, 0.15) is 59.5 Å². The molecule has 0 spiro atoms. The number of piperidine rings is 1. The standard InChI is InChI=1S/C34H39N3O5/c38-33(31-11-5-2-6-12-31)18-15-30(29-9-3-1-4-10-29)21-25-35-23-19-27(20-24-35)8-7-22-36(34(39)40)26-28-13-16-32(17-14-28)37(41)42/h1-14,16-17,27,30H,15,18-26H2,(H,39,40). The quantitative estimate of drug-likeness (QED) is 0.0954. The van der Waals surface area contributed by atoms with Crippen molar-refractivity contribution < 1.29 is 19.6 Å². The zero-order chi connectivity index (χ0) is 29.7. The fraction of sp³-hybridized carbons (Fsp3) is 0.353. The number of hydrogen-bond acceptors (Lipinski definition) is 5. The number of likely N-dealkylation sites (tertiary alicyclic amines) is 1. The van der Waals surface area contributed by atoms with Crippen LogP contribution in [0.5, 0.6) is 0 Å². The molecule has 4 rings (SSSR count). The number of nitro benzene ring substituents is 1. The molecule has 1 N–H and O–H groups in total. The van der Waals surface area contributed by atoms with E-state index in [0.29, 0.717) is 23.8 Å². The van der Waals surface area contributed by atoms with Gasteiger partial charge in [0, 0.05) is 37.2 Å². The largest absolute Gasteiger partial charge is 0.465 e. The third-order valence-corrected chi connectivity index (χ3v) is 8.04. The predicted molar refractivity (Wildman–Crippen MR) is 164 cm³/mol. The van der Waals surface area contributed by atoms with E-state index in [0.717, 1.165) is 50.9 Å². The van der Waals surface area contributed by atoms with Gasteiger partial charge in [-0.1, -0.05) is 84.9 Å². The molecule has 1 unspecified atom stereocenters. The molecule has 1 heterocycles. The predicted octanol–water partition coefficient (Wildman–Crippen LogP) is 7.18. The molecule has 0 aromatic heterocycles. The lowest BCUT2D eigenvalue weighted by atomic mass is 9.88. The van der Waals surface area contributed by atoms with Crippen LogP contribution in [0, 0.1) is 16.0 Å². The maximum atomic E-state index is 12.7. The molecule has 1 saturated heterocycles. The molecule has 1 amide bonds. The number of hydrogen-bond donors (Lipinski definition) is 1. The van der Waals surface area contributed by atoms with E-state index in [1.54, 1.807) is 12.1 Å². The summed E-state index contributed by atoms with van der Waals surface area (Å²) in [6.45, 7) is 3.41. The van der Waals surface area contributed by atoms with E-state index in [2.05, 4.69) is 35.2 Å². The lowest BCUT2D eigenvalue weighted by Gasteiger charge is -2.32. The molecule has 1 atom stereocenters. The highest BCUT2D eigenvalue weighted by molar-refractivity contribution is 5.96. The minimum absolute atomic E-state index is 0.0133. The van der Waals surface area contributed by atoms with Crippen molar-refractivity contribution in [2.75, 3.05) is 26.2 Å². The number of Topliss-reactive ketones (excluding diaryl/α,β-unsaturated/α-hetero) is 1. The number of carbonyl (C=O) groups is 2. The second-order valence-electron chi connectivity index (χ2n) is 10.9. The average molecular weight is 570 g/mol. The third-order valence-electron chi connectivity index (χ3n) is 8.04. The molecule has 42 heavy (non-hydrogen) atoms. The molecule has 0 aliphatic carbocycles. The first-order chi connectivity index (χ1) is 20.4. The van der Waals surface area contributed by atoms with Crippen molar-refractivity contribution >= 4 is 17.6 Å². The van der Waals surface area contributed by atoms with Crippen molar-refractivity contribution in [3.8, 4) is 0 Å². The first kappa shape index (κ1) is 30.7. The fourth-order valence-corrected chi connectivity index (χ4v) is 5.52. The zero-order valence-electron chi connectivity index (χ0n) is 23.9. The summed E-state index contributed by atoms with van der Waals surface area (Å²) < 4.78 is 0. The summed E-state index contributed by atoms with van der Waals surface area (Å²) in [6.07, 6.45) is 7.45. The molecule has 3 aromatic carbocycles. The van der Waals surface area contributed by atoms with Gasteiger partial charge < -0.3 is 14.9 Å². The van der Waals surface area contributed by atoms with Crippen LogP contribution >= 0.6 is 0 Å². The van der Waals surface area contributed by atoms with Gasteiger partial charge in [0.05, 0.1) is 4.92 Å². The minimum Gasteiger partial charge on any atom is -0.465 e. The highest BCUT2D eigenvalue weighted by Crippen LogP contribution is 2.27. The molecule has 8 heteroatoms.